The number of benzene rings is 1. The maximum atomic E-state index is 10.5. The topological polar surface area (TPSA) is 80.9 Å². The third kappa shape index (κ3) is 3.51. The summed E-state index contributed by atoms with van der Waals surface area (Å²) in [6.07, 6.45) is 1.83. The second-order valence-electron chi connectivity index (χ2n) is 5.60. The zero-order chi connectivity index (χ0) is 17.8. The SMILES string of the molecule is CCc1cc(NC[C@@H](O)c2ccc(OC)c(OC)c2)n2nccc2n1. The van der Waals surface area contributed by atoms with Gasteiger partial charge in [-0.25, -0.2) is 4.98 Å². The van der Waals surface area contributed by atoms with Crippen molar-refractivity contribution in [1.29, 1.82) is 0 Å². The van der Waals surface area contributed by atoms with Crippen molar-refractivity contribution in [2.24, 2.45) is 0 Å². The number of hydrogen-bond acceptors (Lipinski definition) is 6. The van der Waals surface area contributed by atoms with Gasteiger partial charge in [-0.15, -0.1) is 0 Å². The van der Waals surface area contributed by atoms with Crippen LogP contribution in [0.5, 0.6) is 11.5 Å². The number of nitrogens with one attached hydrogen (secondary N) is 1. The van der Waals surface area contributed by atoms with Crippen LogP contribution in [-0.2, 0) is 6.42 Å². The number of aliphatic hydroxyl groups is 1. The molecule has 0 radical (unpaired) electrons. The van der Waals surface area contributed by atoms with E-state index in [0.29, 0.717) is 18.0 Å². The molecule has 3 rings (SSSR count). The molecule has 0 spiro atoms. The van der Waals surface area contributed by atoms with E-state index < -0.39 is 6.10 Å². The van der Waals surface area contributed by atoms with Crippen LogP contribution in [0.2, 0.25) is 0 Å². The minimum atomic E-state index is -0.705. The summed E-state index contributed by atoms with van der Waals surface area (Å²) >= 11 is 0. The van der Waals surface area contributed by atoms with Gasteiger partial charge in [0, 0.05) is 24.4 Å². The van der Waals surface area contributed by atoms with Gasteiger partial charge in [0.25, 0.3) is 0 Å². The molecular formula is C18H22N4O3. The summed E-state index contributed by atoms with van der Waals surface area (Å²) in [5.41, 5.74) is 2.49. The second kappa shape index (κ2) is 7.40. The molecule has 7 nitrogen and oxygen atoms in total. The van der Waals surface area contributed by atoms with Gasteiger partial charge in [-0.3, -0.25) is 0 Å². The van der Waals surface area contributed by atoms with Gasteiger partial charge in [0.05, 0.1) is 26.5 Å². The number of aliphatic hydroxyl groups excluding tert-OH is 1. The largest absolute Gasteiger partial charge is 0.493 e. The summed E-state index contributed by atoms with van der Waals surface area (Å²) in [4.78, 5) is 4.51. The molecule has 132 valence electrons. The number of rotatable bonds is 7. The Balaban J connectivity index is 1.78. The first-order valence-electron chi connectivity index (χ1n) is 8.13. The maximum absolute atomic E-state index is 10.5. The van der Waals surface area contributed by atoms with Crippen LogP contribution in [0, 0.1) is 0 Å². The molecule has 0 aliphatic carbocycles. The second-order valence-corrected chi connectivity index (χ2v) is 5.60. The Labute approximate surface area is 146 Å². The molecular weight excluding hydrogens is 320 g/mol. The normalized spacial score (nSPS) is 12.2. The predicted octanol–water partition coefficient (Wildman–Crippen LogP) is 2.45. The first kappa shape index (κ1) is 17.0. The van der Waals surface area contributed by atoms with Crippen LogP contribution < -0.4 is 14.8 Å². The van der Waals surface area contributed by atoms with Crippen molar-refractivity contribution in [1.82, 2.24) is 14.6 Å². The van der Waals surface area contributed by atoms with Crippen molar-refractivity contribution in [2.45, 2.75) is 19.4 Å². The van der Waals surface area contributed by atoms with Gasteiger partial charge in [-0.1, -0.05) is 13.0 Å². The van der Waals surface area contributed by atoms with Crippen molar-refractivity contribution in [2.75, 3.05) is 26.1 Å². The van der Waals surface area contributed by atoms with E-state index in [4.69, 9.17) is 9.47 Å². The molecule has 0 fully saturated rings. The lowest BCUT2D eigenvalue weighted by atomic mass is 10.1. The lowest BCUT2D eigenvalue weighted by Gasteiger charge is -2.16. The zero-order valence-corrected chi connectivity index (χ0v) is 14.6. The quantitative estimate of drug-likeness (QED) is 0.686. The minimum Gasteiger partial charge on any atom is -0.493 e. The van der Waals surface area contributed by atoms with Gasteiger partial charge in [0.15, 0.2) is 17.1 Å². The first-order valence-corrected chi connectivity index (χ1v) is 8.13. The van der Waals surface area contributed by atoms with Crippen LogP contribution in [0.25, 0.3) is 5.65 Å². The van der Waals surface area contributed by atoms with Gasteiger partial charge >= 0.3 is 0 Å². The molecule has 0 amide bonds. The van der Waals surface area contributed by atoms with Crippen LogP contribution in [-0.4, -0.2) is 40.5 Å². The number of anilines is 1. The number of aryl methyl sites for hydroxylation is 1. The molecule has 0 unspecified atom stereocenters. The Morgan fingerprint density at radius 1 is 1.16 bits per heavy atom. The first-order chi connectivity index (χ1) is 12.2. The average molecular weight is 342 g/mol. The maximum Gasteiger partial charge on any atom is 0.161 e. The van der Waals surface area contributed by atoms with Crippen molar-refractivity contribution in [3.63, 3.8) is 0 Å². The molecule has 25 heavy (non-hydrogen) atoms. The van der Waals surface area contributed by atoms with Gasteiger partial charge < -0.3 is 19.9 Å². The summed E-state index contributed by atoms with van der Waals surface area (Å²) in [7, 11) is 3.16. The fraction of sp³-hybridized carbons (Fsp3) is 0.333. The van der Waals surface area contributed by atoms with Gasteiger partial charge in [0.1, 0.15) is 5.82 Å². The zero-order valence-electron chi connectivity index (χ0n) is 14.6. The van der Waals surface area contributed by atoms with E-state index in [-0.39, 0.29) is 0 Å². The van der Waals surface area contributed by atoms with E-state index in [1.807, 2.05) is 18.2 Å². The predicted molar refractivity (Wildman–Crippen MR) is 95.4 cm³/mol. The molecule has 1 atom stereocenters. The van der Waals surface area contributed by atoms with Crippen LogP contribution in [0.1, 0.15) is 24.3 Å². The summed E-state index contributed by atoms with van der Waals surface area (Å²) in [5.74, 6) is 2.02. The van der Waals surface area contributed by atoms with Gasteiger partial charge in [0.2, 0.25) is 0 Å². The van der Waals surface area contributed by atoms with Crippen LogP contribution in [0.3, 0.4) is 0 Å². The number of hydrogen-bond donors (Lipinski definition) is 2. The van der Waals surface area contributed by atoms with E-state index in [2.05, 4.69) is 22.3 Å². The highest BCUT2D eigenvalue weighted by Crippen LogP contribution is 2.30. The lowest BCUT2D eigenvalue weighted by Crippen LogP contribution is -2.15. The smallest absolute Gasteiger partial charge is 0.161 e. The molecule has 3 aromatic rings. The molecule has 0 bridgehead atoms. The monoisotopic (exact) mass is 342 g/mol. The van der Waals surface area contributed by atoms with Crippen LogP contribution in [0.4, 0.5) is 5.82 Å². The molecule has 0 aliphatic heterocycles. The number of aromatic nitrogens is 3. The fourth-order valence-electron chi connectivity index (χ4n) is 2.65. The Morgan fingerprint density at radius 2 is 1.96 bits per heavy atom. The van der Waals surface area contributed by atoms with E-state index in [0.717, 1.165) is 29.1 Å². The molecule has 0 saturated carbocycles. The van der Waals surface area contributed by atoms with Crippen molar-refractivity contribution < 1.29 is 14.6 Å². The molecule has 7 heteroatoms. The molecule has 0 saturated heterocycles. The third-order valence-electron chi connectivity index (χ3n) is 4.04. The van der Waals surface area contributed by atoms with Crippen LogP contribution >= 0.6 is 0 Å². The Bertz CT molecular complexity index is 863. The summed E-state index contributed by atoms with van der Waals surface area (Å²) in [6.45, 7) is 2.38. The standard InChI is InChI=1S/C18H22N4O3/c1-4-13-10-18(22-17(21-13)7-8-20-22)19-11-14(23)12-5-6-15(24-2)16(9-12)25-3/h5-10,14,19,23H,4,11H2,1-3H3/t14-/m1/s1. The average Bonchev–Trinajstić information content (AvgIpc) is 3.13. The third-order valence-corrected chi connectivity index (χ3v) is 4.04. The highest BCUT2D eigenvalue weighted by atomic mass is 16.5. The Kier molecular flexibility index (Phi) is 5.04. The molecule has 2 heterocycles. The van der Waals surface area contributed by atoms with Crippen LogP contribution in [0.15, 0.2) is 36.5 Å². The Hall–Kier alpha value is -2.80. The fourth-order valence-corrected chi connectivity index (χ4v) is 2.65. The summed E-state index contributed by atoms with van der Waals surface area (Å²) < 4.78 is 12.2. The number of fused-ring (bicyclic) bond motifs is 1. The lowest BCUT2D eigenvalue weighted by molar-refractivity contribution is 0.191. The van der Waals surface area contributed by atoms with Gasteiger partial charge in [-0.2, -0.15) is 9.61 Å². The van der Waals surface area contributed by atoms with Crippen molar-refractivity contribution >= 4 is 11.5 Å². The van der Waals surface area contributed by atoms with Gasteiger partial charge in [-0.05, 0) is 24.1 Å². The summed E-state index contributed by atoms with van der Waals surface area (Å²) in [6, 6.07) is 9.18. The highest BCUT2D eigenvalue weighted by Gasteiger charge is 2.13. The van der Waals surface area contributed by atoms with E-state index in [9.17, 15) is 5.11 Å². The van der Waals surface area contributed by atoms with Crippen molar-refractivity contribution in [3.8, 4) is 11.5 Å². The van der Waals surface area contributed by atoms with E-state index in [1.165, 1.54) is 0 Å². The molecule has 1 aromatic carbocycles. The molecule has 2 aromatic heterocycles. The highest BCUT2D eigenvalue weighted by molar-refractivity contribution is 5.49. The number of ether oxygens (including phenoxy) is 2. The van der Waals surface area contributed by atoms with E-state index in [1.54, 1.807) is 37.1 Å². The summed E-state index contributed by atoms with van der Waals surface area (Å²) in [5, 5.41) is 18.0. The molecule has 0 aliphatic rings. The molecule has 2 N–H and O–H groups in total. The Morgan fingerprint density at radius 3 is 2.68 bits per heavy atom. The number of methoxy groups -OCH3 is 2. The van der Waals surface area contributed by atoms with Crippen molar-refractivity contribution in [3.05, 3.63) is 47.8 Å². The van der Waals surface area contributed by atoms with E-state index >= 15 is 0 Å². The minimum absolute atomic E-state index is 0.331. The number of nitrogens with zero attached hydrogens (tertiary/aromatic N) is 3.